The van der Waals surface area contributed by atoms with E-state index in [-0.39, 0.29) is 5.69 Å². The minimum atomic E-state index is -0.989. The molecule has 3 rings (SSSR count). The second-order valence-corrected chi connectivity index (χ2v) is 5.82. The number of carbonyl (C=O) groups is 1. The highest BCUT2D eigenvalue weighted by molar-refractivity contribution is 5.89. The van der Waals surface area contributed by atoms with E-state index in [0.29, 0.717) is 13.1 Å². The summed E-state index contributed by atoms with van der Waals surface area (Å²) in [5.41, 5.74) is 4.09. The Labute approximate surface area is 139 Å². The van der Waals surface area contributed by atoms with Crippen LogP contribution >= 0.6 is 0 Å². The van der Waals surface area contributed by atoms with Gasteiger partial charge in [0, 0.05) is 37.1 Å². The lowest BCUT2D eigenvalue weighted by molar-refractivity contribution is 0.252. The van der Waals surface area contributed by atoms with Crippen molar-refractivity contribution in [1.29, 1.82) is 0 Å². The van der Waals surface area contributed by atoms with Crippen molar-refractivity contribution in [3.05, 3.63) is 59.2 Å². The summed E-state index contributed by atoms with van der Waals surface area (Å²) in [6.07, 6.45) is 1.02. The van der Waals surface area contributed by atoms with Crippen LogP contribution in [0.5, 0.6) is 0 Å². The molecular weight excluding hydrogens is 312 g/mol. The summed E-state index contributed by atoms with van der Waals surface area (Å²) in [7, 11) is 0. The van der Waals surface area contributed by atoms with Gasteiger partial charge in [-0.1, -0.05) is 12.1 Å². The third kappa shape index (κ3) is 3.48. The molecule has 0 radical (unpaired) electrons. The number of urea groups is 1. The number of benzene rings is 2. The molecule has 2 N–H and O–H groups in total. The van der Waals surface area contributed by atoms with Gasteiger partial charge >= 0.3 is 6.03 Å². The van der Waals surface area contributed by atoms with E-state index >= 15 is 0 Å². The van der Waals surface area contributed by atoms with Crippen molar-refractivity contribution in [2.75, 3.05) is 29.9 Å². The molecule has 2 amide bonds. The van der Waals surface area contributed by atoms with Crippen LogP contribution in [0.4, 0.5) is 25.0 Å². The second-order valence-electron chi connectivity index (χ2n) is 5.82. The second kappa shape index (κ2) is 6.86. The minimum absolute atomic E-state index is 0.216. The number of fused-ring (bicyclic) bond motifs is 1. The molecule has 0 aromatic heterocycles. The van der Waals surface area contributed by atoms with Crippen LogP contribution in [0.15, 0.2) is 36.4 Å². The molecule has 0 spiro atoms. The summed E-state index contributed by atoms with van der Waals surface area (Å²) in [6.45, 7) is 4.20. The molecule has 0 saturated carbocycles. The van der Waals surface area contributed by atoms with Gasteiger partial charge in [-0.05, 0) is 42.7 Å². The van der Waals surface area contributed by atoms with E-state index in [0.717, 1.165) is 25.1 Å². The maximum Gasteiger partial charge on any atom is 0.319 e. The van der Waals surface area contributed by atoms with Crippen LogP contribution in [0.3, 0.4) is 0 Å². The first-order valence-electron chi connectivity index (χ1n) is 7.88. The zero-order chi connectivity index (χ0) is 17.1. The fourth-order valence-corrected chi connectivity index (χ4v) is 2.96. The number of anilines is 2. The van der Waals surface area contributed by atoms with Gasteiger partial charge in [-0.3, -0.25) is 0 Å². The van der Waals surface area contributed by atoms with Crippen LogP contribution in [-0.2, 0) is 6.42 Å². The predicted molar refractivity (Wildman–Crippen MR) is 90.5 cm³/mol. The lowest BCUT2D eigenvalue weighted by Crippen LogP contribution is -2.36. The van der Waals surface area contributed by atoms with Gasteiger partial charge < -0.3 is 15.5 Å². The van der Waals surface area contributed by atoms with Crippen LogP contribution in [0.2, 0.25) is 0 Å². The summed E-state index contributed by atoms with van der Waals surface area (Å²) >= 11 is 0. The Morgan fingerprint density at radius 1 is 1.21 bits per heavy atom. The molecule has 0 aliphatic carbocycles. The number of hydrogen-bond donors (Lipinski definition) is 2. The minimum Gasteiger partial charge on any atom is -0.369 e. The van der Waals surface area contributed by atoms with Crippen molar-refractivity contribution in [2.45, 2.75) is 13.3 Å². The summed E-state index contributed by atoms with van der Waals surface area (Å²) in [4.78, 5) is 14.1. The third-order valence-corrected chi connectivity index (χ3v) is 4.20. The summed E-state index contributed by atoms with van der Waals surface area (Å²) in [5.74, 6) is -1.93. The zero-order valence-corrected chi connectivity index (χ0v) is 13.4. The van der Waals surface area contributed by atoms with Gasteiger partial charge in [-0.2, -0.15) is 0 Å². The van der Waals surface area contributed by atoms with Crippen molar-refractivity contribution in [2.24, 2.45) is 0 Å². The molecule has 0 saturated heterocycles. The Morgan fingerprint density at radius 2 is 2.04 bits per heavy atom. The van der Waals surface area contributed by atoms with E-state index in [1.165, 1.54) is 22.9 Å². The van der Waals surface area contributed by atoms with Gasteiger partial charge in [-0.25, -0.2) is 13.6 Å². The average Bonchev–Trinajstić information content (AvgIpc) is 2.96. The zero-order valence-electron chi connectivity index (χ0n) is 13.4. The Kier molecular flexibility index (Phi) is 4.64. The number of nitrogens with one attached hydrogen (secondary N) is 2. The number of carbonyl (C=O) groups excluding carboxylic acids is 1. The van der Waals surface area contributed by atoms with Crippen molar-refractivity contribution >= 4 is 17.4 Å². The van der Waals surface area contributed by atoms with Gasteiger partial charge in [0.25, 0.3) is 0 Å². The van der Waals surface area contributed by atoms with Crippen LogP contribution in [0.1, 0.15) is 11.1 Å². The first-order chi connectivity index (χ1) is 11.5. The van der Waals surface area contributed by atoms with Crippen LogP contribution in [-0.4, -0.2) is 25.7 Å². The quantitative estimate of drug-likeness (QED) is 0.901. The Balaban J connectivity index is 1.50. The summed E-state index contributed by atoms with van der Waals surface area (Å²) < 4.78 is 26.0. The molecule has 2 aromatic carbocycles. The molecule has 1 aliphatic rings. The van der Waals surface area contributed by atoms with E-state index in [2.05, 4.69) is 34.6 Å². The number of nitrogens with zero attached hydrogens (tertiary/aromatic N) is 1. The summed E-state index contributed by atoms with van der Waals surface area (Å²) in [6, 6.07) is 9.05. The number of halogens is 2. The average molecular weight is 331 g/mol. The largest absolute Gasteiger partial charge is 0.369 e. The van der Waals surface area contributed by atoms with Crippen molar-refractivity contribution < 1.29 is 13.6 Å². The summed E-state index contributed by atoms with van der Waals surface area (Å²) in [5, 5.41) is 5.22. The number of aryl methyl sites for hydroxylation is 1. The Morgan fingerprint density at radius 3 is 2.83 bits per heavy atom. The first-order valence-corrected chi connectivity index (χ1v) is 7.88. The van der Waals surface area contributed by atoms with Crippen LogP contribution in [0, 0.1) is 18.6 Å². The Bertz CT molecular complexity index is 764. The molecule has 126 valence electrons. The Hall–Kier alpha value is -2.63. The highest BCUT2D eigenvalue weighted by atomic mass is 19.2. The molecule has 0 fully saturated rings. The van der Waals surface area contributed by atoms with E-state index in [1.807, 2.05) is 6.07 Å². The molecule has 1 aliphatic heterocycles. The number of hydrogen-bond acceptors (Lipinski definition) is 2. The molecule has 0 unspecified atom stereocenters. The van der Waals surface area contributed by atoms with Crippen molar-refractivity contribution in [1.82, 2.24) is 5.32 Å². The molecule has 6 heteroatoms. The molecule has 2 aromatic rings. The lowest BCUT2D eigenvalue weighted by atomic mass is 10.1. The van der Waals surface area contributed by atoms with Crippen molar-refractivity contribution in [3.8, 4) is 0 Å². The van der Waals surface area contributed by atoms with Crippen LogP contribution in [0.25, 0.3) is 0 Å². The monoisotopic (exact) mass is 331 g/mol. The highest BCUT2D eigenvalue weighted by Gasteiger charge is 2.19. The molecule has 1 heterocycles. The number of amides is 2. The lowest BCUT2D eigenvalue weighted by Gasteiger charge is -2.20. The predicted octanol–water partition coefficient (Wildman–Crippen LogP) is 3.46. The topological polar surface area (TPSA) is 44.4 Å². The van der Waals surface area contributed by atoms with Crippen LogP contribution < -0.4 is 15.5 Å². The fraction of sp³-hybridized carbons (Fsp3) is 0.278. The van der Waals surface area contributed by atoms with Gasteiger partial charge in [0.05, 0.1) is 0 Å². The smallest absolute Gasteiger partial charge is 0.319 e. The standard InChI is InChI=1S/C18H19F2N3O/c1-12-3-2-4-17-14(12)7-9-23(17)10-8-21-18(24)22-13-5-6-15(19)16(20)11-13/h2-6,11H,7-10H2,1H3,(H2,21,22,24). The molecule has 0 bridgehead atoms. The molecule has 0 atom stereocenters. The van der Waals surface area contributed by atoms with Gasteiger partial charge in [0.2, 0.25) is 0 Å². The molecular formula is C18H19F2N3O. The highest BCUT2D eigenvalue weighted by Crippen LogP contribution is 2.29. The number of rotatable bonds is 4. The van der Waals surface area contributed by atoms with Gasteiger partial charge in [0.1, 0.15) is 0 Å². The maximum absolute atomic E-state index is 13.1. The van der Waals surface area contributed by atoms with Crippen molar-refractivity contribution in [3.63, 3.8) is 0 Å². The van der Waals surface area contributed by atoms with E-state index in [9.17, 15) is 13.6 Å². The molecule has 4 nitrogen and oxygen atoms in total. The van der Waals surface area contributed by atoms with E-state index in [1.54, 1.807) is 0 Å². The van der Waals surface area contributed by atoms with Gasteiger partial charge in [0.15, 0.2) is 11.6 Å². The normalized spacial score (nSPS) is 12.9. The van der Waals surface area contributed by atoms with E-state index < -0.39 is 17.7 Å². The third-order valence-electron chi connectivity index (χ3n) is 4.20. The van der Waals surface area contributed by atoms with E-state index in [4.69, 9.17) is 0 Å². The SMILES string of the molecule is Cc1cccc2c1CCN2CCNC(=O)Nc1ccc(F)c(F)c1. The fourth-order valence-electron chi connectivity index (χ4n) is 2.96. The first kappa shape index (κ1) is 16.2. The maximum atomic E-state index is 13.1. The van der Waals surface area contributed by atoms with Gasteiger partial charge in [-0.15, -0.1) is 0 Å². The molecule has 24 heavy (non-hydrogen) atoms.